The summed E-state index contributed by atoms with van der Waals surface area (Å²) < 4.78 is 0. The second-order valence-electron chi connectivity index (χ2n) is 5.19. The molecule has 0 aliphatic heterocycles. The summed E-state index contributed by atoms with van der Waals surface area (Å²) in [6.07, 6.45) is 7.87. The normalized spacial score (nSPS) is 15.6. The van der Waals surface area contributed by atoms with Crippen molar-refractivity contribution in [3.63, 3.8) is 0 Å². The number of hydrogen-bond donors (Lipinski definition) is 2. The lowest BCUT2D eigenvalue weighted by Gasteiger charge is -2.21. The van der Waals surface area contributed by atoms with E-state index in [-0.39, 0.29) is 12.5 Å². The van der Waals surface area contributed by atoms with Crippen LogP contribution in [0.25, 0.3) is 0 Å². The number of nitrogens with zero attached hydrogens (tertiary/aromatic N) is 2. The van der Waals surface area contributed by atoms with Gasteiger partial charge in [0.05, 0.1) is 0 Å². The summed E-state index contributed by atoms with van der Waals surface area (Å²) in [4.78, 5) is 19.2. The maximum absolute atomic E-state index is 10.5. The number of anilines is 1. The molecule has 0 radical (unpaired) electrons. The van der Waals surface area contributed by atoms with Gasteiger partial charge in [0.2, 0.25) is 0 Å². The first kappa shape index (κ1) is 13.8. The van der Waals surface area contributed by atoms with Crippen molar-refractivity contribution >= 4 is 11.8 Å². The smallest absolute Gasteiger partial charge is 0.303 e. The van der Waals surface area contributed by atoms with E-state index in [1.165, 1.54) is 24.1 Å². The fourth-order valence-corrected chi connectivity index (χ4v) is 2.51. The second-order valence-corrected chi connectivity index (χ2v) is 5.19. The van der Waals surface area contributed by atoms with Gasteiger partial charge >= 0.3 is 5.97 Å². The van der Waals surface area contributed by atoms with E-state index in [0.717, 1.165) is 25.1 Å². The summed E-state index contributed by atoms with van der Waals surface area (Å²) in [5, 5.41) is 12.0. The van der Waals surface area contributed by atoms with Crippen molar-refractivity contribution in [2.75, 3.05) is 5.32 Å². The van der Waals surface area contributed by atoms with E-state index in [2.05, 4.69) is 22.2 Å². The highest BCUT2D eigenvalue weighted by Crippen LogP contribution is 2.25. The highest BCUT2D eigenvalue weighted by Gasteiger charge is 2.16. The first-order chi connectivity index (χ1) is 9.16. The number of aliphatic carboxylic acids is 1. The number of fused-ring (bicyclic) bond motifs is 1. The van der Waals surface area contributed by atoms with Gasteiger partial charge in [-0.15, -0.1) is 0 Å². The summed E-state index contributed by atoms with van der Waals surface area (Å²) in [6, 6.07) is 0.236. The Morgan fingerprint density at radius 2 is 2.21 bits per heavy atom. The van der Waals surface area contributed by atoms with Crippen LogP contribution in [0.15, 0.2) is 6.33 Å². The molecule has 5 nitrogen and oxygen atoms in total. The largest absolute Gasteiger partial charge is 0.481 e. The van der Waals surface area contributed by atoms with Gasteiger partial charge in [0.1, 0.15) is 12.1 Å². The number of nitrogens with one attached hydrogen (secondary N) is 1. The molecule has 0 saturated carbocycles. The Bertz CT molecular complexity index is 448. The predicted molar refractivity (Wildman–Crippen MR) is 73.2 cm³/mol. The zero-order chi connectivity index (χ0) is 13.7. The van der Waals surface area contributed by atoms with Gasteiger partial charge in [-0.1, -0.05) is 0 Å². The van der Waals surface area contributed by atoms with Gasteiger partial charge in [0, 0.05) is 23.7 Å². The first-order valence-corrected chi connectivity index (χ1v) is 6.98. The van der Waals surface area contributed by atoms with E-state index < -0.39 is 5.97 Å². The van der Waals surface area contributed by atoms with Crippen molar-refractivity contribution in [1.82, 2.24) is 9.97 Å². The quantitative estimate of drug-likeness (QED) is 0.824. The van der Waals surface area contributed by atoms with Crippen molar-refractivity contribution in [3.8, 4) is 0 Å². The highest BCUT2D eigenvalue weighted by atomic mass is 16.4. The third-order valence-electron chi connectivity index (χ3n) is 3.54. The molecule has 1 aromatic heterocycles. The number of carboxylic acid groups (broad SMARTS) is 1. The lowest BCUT2D eigenvalue weighted by molar-refractivity contribution is -0.137. The molecule has 1 aliphatic rings. The van der Waals surface area contributed by atoms with Crippen LogP contribution in [-0.4, -0.2) is 27.1 Å². The Balaban J connectivity index is 1.93. The van der Waals surface area contributed by atoms with Crippen molar-refractivity contribution < 1.29 is 9.90 Å². The summed E-state index contributed by atoms with van der Waals surface area (Å²) in [5.74, 6) is 0.208. The highest BCUT2D eigenvalue weighted by molar-refractivity contribution is 5.66. The molecule has 0 saturated heterocycles. The van der Waals surface area contributed by atoms with Crippen molar-refractivity contribution in [2.24, 2.45) is 0 Å². The monoisotopic (exact) mass is 263 g/mol. The van der Waals surface area contributed by atoms with Crippen LogP contribution < -0.4 is 5.32 Å². The van der Waals surface area contributed by atoms with Gasteiger partial charge in [-0.25, -0.2) is 9.97 Å². The Morgan fingerprint density at radius 3 is 3.00 bits per heavy atom. The lowest BCUT2D eigenvalue weighted by atomic mass is 9.96. The molecule has 2 N–H and O–H groups in total. The van der Waals surface area contributed by atoms with Crippen molar-refractivity contribution in [1.29, 1.82) is 0 Å². The molecule has 1 atom stereocenters. The minimum Gasteiger partial charge on any atom is -0.481 e. The van der Waals surface area contributed by atoms with Gasteiger partial charge in [-0.2, -0.15) is 0 Å². The number of carbonyl (C=O) groups is 1. The molecular formula is C14H21N3O2. The predicted octanol–water partition coefficient (Wildman–Crippen LogP) is 2.41. The van der Waals surface area contributed by atoms with E-state index >= 15 is 0 Å². The molecule has 0 fully saturated rings. The van der Waals surface area contributed by atoms with Gasteiger partial charge in [-0.3, -0.25) is 4.79 Å². The molecule has 104 valence electrons. The molecule has 0 bridgehead atoms. The molecule has 1 aliphatic carbocycles. The van der Waals surface area contributed by atoms with Gasteiger partial charge in [-0.05, 0) is 45.4 Å². The number of rotatable bonds is 6. The summed E-state index contributed by atoms with van der Waals surface area (Å²) in [7, 11) is 0. The van der Waals surface area contributed by atoms with E-state index in [0.29, 0.717) is 6.42 Å². The SMILES string of the molecule is CC(CCCC(=O)O)Nc1ncnc2c1CCCC2. The van der Waals surface area contributed by atoms with E-state index in [1.54, 1.807) is 6.33 Å². The van der Waals surface area contributed by atoms with E-state index in [4.69, 9.17) is 5.11 Å². The minimum atomic E-state index is -0.730. The Hall–Kier alpha value is -1.65. The van der Waals surface area contributed by atoms with Crippen LogP contribution in [0.2, 0.25) is 0 Å². The van der Waals surface area contributed by atoms with Crippen LogP contribution in [0.1, 0.15) is 50.3 Å². The number of aromatic nitrogens is 2. The average molecular weight is 263 g/mol. The minimum absolute atomic E-state index is 0.230. The van der Waals surface area contributed by atoms with E-state index in [1.807, 2.05) is 0 Å². The summed E-state index contributed by atoms with van der Waals surface area (Å²) >= 11 is 0. The van der Waals surface area contributed by atoms with Crippen molar-refractivity contribution in [3.05, 3.63) is 17.6 Å². The maximum Gasteiger partial charge on any atom is 0.303 e. The zero-order valence-corrected chi connectivity index (χ0v) is 11.4. The fraction of sp³-hybridized carbons (Fsp3) is 0.643. The molecule has 5 heteroatoms. The topological polar surface area (TPSA) is 75.1 Å². The number of hydrogen-bond acceptors (Lipinski definition) is 4. The maximum atomic E-state index is 10.5. The zero-order valence-electron chi connectivity index (χ0n) is 11.4. The average Bonchev–Trinajstić information content (AvgIpc) is 2.39. The third kappa shape index (κ3) is 3.91. The van der Waals surface area contributed by atoms with Crippen LogP contribution in [0.3, 0.4) is 0 Å². The van der Waals surface area contributed by atoms with Crippen molar-refractivity contribution in [2.45, 2.75) is 57.9 Å². The van der Waals surface area contributed by atoms with E-state index in [9.17, 15) is 4.79 Å². The van der Waals surface area contributed by atoms with Gasteiger partial charge in [0.15, 0.2) is 0 Å². The van der Waals surface area contributed by atoms with Crippen LogP contribution >= 0.6 is 0 Å². The Kier molecular flexibility index (Phi) is 4.71. The number of aryl methyl sites for hydroxylation is 1. The molecule has 19 heavy (non-hydrogen) atoms. The summed E-state index contributed by atoms with van der Waals surface area (Å²) in [5.41, 5.74) is 2.42. The second kappa shape index (κ2) is 6.50. The molecular weight excluding hydrogens is 242 g/mol. The molecule has 2 rings (SSSR count). The standard InChI is InChI=1S/C14H21N3O2/c1-10(5-4-8-13(18)19)17-14-11-6-2-3-7-12(11)15-9-16-14/h9-10H,2-8H2,1H3,(H,18,19)(H,15,16,17). The molecule has 0 amide bonds. The van der Waals surface area contributed by atoms with Crippen LogP contribution in [0.4, 0.5) is 5.82 Å². The van der Waals surface area contributed by atoms with Crippen LogP contribution in [-0.2, 0) is 17.6 Å². The number of carboxylic acids is 1. The molecule has 0 aromatic carbocycles. The Labute approximate surface area is 113 Å². The lowest BCUT2D eigenvalue weighted by Crippen LogP contribution is -2.19. The molecule has 1 aromatic rings. The van der Waals surface area contributed by atoms with Crippen LogP contribution in [0, 0.1) is 0 Å². The van der Waals surface area contributed by atoms with Gasteiger partial charge in [0.25, 0.3) is 0 Å². The first-order valence-electron chi connectivity index (χ1n) is 6.98. The van der Waals surface area contributed by atoms with Gasteiger partial charge < -0.3 is 10.4 Å². The molecule has 1 unspecified atom stereocenters. The molecule has 0 spiro atoms. The fourth-order valence-electron chi connectivity index (χ4n) is 2.51. The Morgan fingerprint density at radius 1 is 1.42 bits per heavy atom. The molecule has 1 heterocycles. The third-order valence-corrected chi connectivity index (χ3v) is 3.54. The van der Waals surface area contributed by atoms with Crippen LogP contribution in [0.5, 0.6) is 0 Å². The summed E-state index contributed by atoms with van der Waals surface area (Å²) in [6.45, 7) is 2.07.